The van der Waals surface area contributed by atoms with Gasteiger partial charge in [-0.15, -0.1) is 56.7 Å². The number of rotatable bonds is 6. The van der Waals surface area contributed by atoms with Gasteiger partial charge in [0.2, 0.25) is 27.6 Å². The highest BCUT2D eigenvalue weighted by molar-refractivity contribution is 7.28. The highest BCUT2D eigenvalue weighted by Crippen LogP contribution is 2.43. The summed E-state index contributed by atoms with van der Waals surface area (Å²) in [5.41, 5.74) is 22.2. The lowest BCUT2D eigenvalue weighted by Crippen LogP contribution is -2.58. The van der Waals surface area contributed by atoms with Crippen molar-refractivity contribution < 1.29 is 27.4 Å². The van der Waals surface area contributed by atoms with Gasteiger partial charge in [0, 0.05) is 89.0 Å². The van der Waals surface area contributed by atoms with Gasteiger partial charge >= 0.3 is 0 Å². The Morgan fingerprint density at radius 3 is 1.16 bits per heavy atom. The summed E-state index contributed by atoms with van der Waals surface area (Å²) in [4.78, 5) is 28.8. The van der Waals surface area contributed by atoms with E-state index in [0.717, 1.165) is 44.0 Å². The van der Waals surface area contributed by atoms with Gasteiger partial charge in [0.25, 0.3) is 38.0 Å². The van der Waals surface area contributed by atoms with Crippen molar-refractivity contribution in [1.82, 2.24) is 29.9 Å². The van der Waals surface area contributed by atoms with Gasteiger partial charge in [0.05, 0.1) is 123 Å². The maximum atomic E-state index is 4.89. The summed E-state index contributed by atoms with van der Waals surface area (Å²) in [6.45, 7) is 49.0. The molecule has 4 atom stereocenters. The van der Waals surface area contributed by atoms with Crippen LogP contribution >= 0.6 is 56.7 Å². The molecule has 708 valence electrons. The second-order valence-electron chi connectivity index (χ2n) is 42.6. The molecule has 6 aliphatic heterocycles. The summed E-state index contributed by atoms with van der Waals surface area (Å²) in [5.74, 6) is 0. The maximum Gasteiger partial charge on any atom is 0.286 e. The smallest absolute Gasteiger partial charge is 0.236 e. The van der Waals surface area contributed by atoms with Crippen LogP contribution in [0.3, 0.4) is 0 Å². The minimum Gasteiger partial charge on any atom is -0.236 e. The number of hydrogen-bond acceptors (Lipinski definition) is 11. The van der Waals surface area contributed by atoms with Crippen LogP contribution in [0.4, 0.5) is 0 Å². The Morgan fingerprint density at radius 2 is 0.667 bits per heavy atom. The van der Waals surface area contributed by atoms with E-state index < -0.39 is 75.6 Å². The number of nitrogens with zero attached hydrogens (tertiary/aromatic N) is 12. The summed E-state index contributed by atoms with van der Waals surface area (Å²) >= 11 is 9.72. The second kappa shape index (κ2) is 38.9. The number of benzene rings is 7. The van der Waals surface area contributed by atoms with Gasteiger partial charge in [-0.2, -0.15) is 0 Å². The molecule has 0 saturated carbocycles. The van der Waals surface area contributed by atoms with Crippen LogP contribution in [0.25, 0.3) is 123 Å². The molecule has 0 spiro atoms. The second-order valence-corrected chi connectivity index (χ2v) is 84.3. The summed E-state index contributed by atoms with van der Waals surface area (Å²) in [5, 5.41) is 27.1. The van der Waals surface area contributed by atoms with E-state index in [4.69, 9.17) is 24.9 Å². The Labute approximate surface area is 836 Å². The standard InChI is InChI=1S/C19H23N2Si.2C18H25N2SSi2.C17H23N2SSi2.C17H21N2SSi.C16H19N2SSi.4CH4/c1-5-18-16-11-15-14(10-17(16)20-12-21(18)2)7-6-13-8-9-22(3,4)19(13)15;1-6-13-18-17(19-11-20(13)2)12-9-16-15(10-14(12)21-18)22(3)7-8-23(16,4)5;1-6-12-17-16(19-11-20(12)2)15-13(21-17)7-8-14-18(15)23(4,5)10-9-22(14)3;1-6-11-16-15(18-9-19(11)2)14-12(20-16)7-8-13-17(14)22(4,5)10-21(13)3;1-5-12-16-15(18-10-19(12)2)14-13(20-16)7-6-11-8-9-21(3,4)17(11)14;1-4-11-16-15(17-9-18(11)2)14-10-7-8-20(3)13(10)6-5-12(14)19-16;;;;/h6-7,10-12H,5,8-9H2,1-4H3;9-11,22H,6-8H2,1-5H3;7-8,11,22H,6,9-10H2,1-5H3;7-9,21H,6,10H2,1-5H3;6-7,10H,5,8-9H2,1-4H3;5-6,9,20H,4,7-8H2,1-3H3;4*1H4/q6*+1;;;;. The number of fused-ring (bicyclic) bond motifs is 28. The third kappa shape index (κ3) is 17.4. The van der Waals surface area contributed by atoms with E-state index in [1.165, 1.54) is 219 Å². The van der Waals surface area contributed by atoms with Crippen molar-refractivity contribution in [3.05, 3.63) is 174 Å². The van der Waals surface area contributed by atoms with Gasteiger partial charge < -0.3 is 0 Å². The van der Waals surface area contributed by atoms with E-state index in [-0.39, 0.29) is 29.7 Å². The first-order chi connectivity index (χ1) is 62.5. The van der Waals surface area contributed by atoms with Crippen molar-refractivity contribution in [2.45, 2.75) is 269 Å². The monoisotopic (exact) mass is 2040 g/mol. The van der Waals surface area contributed by atoms with Crippen LogP contribution in [0.1, 0.15) is 122 Å². The molecule has 0 amide bonds. The molecule has 12 nitrogen and oxygen atoms in total. The first-order valence-corrected chi connectivity index (χ1v) is 79.2. The Balaban J connectivity index is 0.000000123. The molecule has 0 N–H and O–H groups in total. The molecule has 24 rings (SSSR count). The van der Waals surface area contributed by atoms with Gasteiger partial charge in [0.15, 0.2) is 5.52 Å². The number of aryl methyl sites for hydroxylation is 15. The molecule has 0 saturated heterocycles. The number of thiophene rings is 5. The summed E-state index contributed by atoms with van der Waals surface area (Å²) in [6.07, 6.45) is 22.1. The molecule has 0 aliphatic carbocycles. The lowest BCUT2D eigenvalue weighted by Gasteiger charge is -2.34. The van der Waals surface area contributed by atoms with Crippen LogP contribution in [-0.4, -0.2) is 105 Å². The summed E-state index contributed by atoms with van der Waals surface area (Å²) in [6, 6.07) is 43.7. The zero-order valence-electron chi connectivity index (χ0n) is 82.8. The van der Waals surface area contributed by atoms with Crippen molar-refractivity contribution in [1.29, 1.82) is 0 Å². The van der Waals surface area contributed by atoms with E-state index in [1.807, 2.05) is 94.6 Å². The van der Waals surface area contributed by atoms with Crippen molar-refractivity contribution in [3.8, 4) is 0 Å². The summed E-state index contributed by atoms with van der Waals surface area (Å²) in [7, 11) is 3.32. The predicted octanol–water partition coefficient (Wildman–Crippen LogP) is 19.6. The van der Waals surface area contributed by atoms with Crippen LogP contribution < -0.4 is 74.1 Å². The average molecular weight is 2040 g/mol. The fraction of sp³-hybridized carbons (Fsp3) is 0.431. The normalized spacial score (nSPS) is 18.1. The maximum absolute atomic E-state index is 4.89. The lowest BCUT2D eigenvalue weighted by molar-refractivity contribution is -0.680. The Morgan fingerprint density at radius 1 is 0.304 bits per heavy atom. The van der Waals surface area contributed by atoms with Crippen molar-refractivity contribution in [2.75, 3.05) is 0 Å². The van der Waals surface area contributed by atoms with E-state index in [0.29, 0.717) is 0 Å². The fourth-order valence-corrected chi connectivity index (χ4v) is 72.2. The quantitative estimate of drug-likeness (QED) is 0.0934. The van der Waals surface area contributed by atoms with Gasteiger partial charge in [-0.1, -0.05) is 261 Å². The molecule has 18 aromatic rings. The Bertz CT molecular complexity index is 7740. The van der Waals surface area contributed by atoms with E-state index in [1.54, 1.807) is 63.4 Å². The number of aromatic nitrogens is 12. The highest BCUT2D eigenvalue weighted by Gasteiger charge is 2.43. The van der Waals surface area contributed by atoms with Crippen LogP contribution in [0.5, 0.6) is 0 Å². The van der Waals surface area contributed by atoms with Crippen LogP contribution in [-0.2, 0) is 100 Å². The average Bonchev–Trinajstić information content (AvgIpc) is 1.34. The molecule has 0 fully saturated rings. The van der Waals surface area contributed by atoms with Crippen molar-refractivity contribution >= 4 is 302 Å². The Hall–Kier alpha value is -7.41. The molecule has 0 bridgehead atoms. The zero-order valence-corrected chi connectivity index (χ0v) is 96.5. The molecule has 4 unspecified atom stereocenters. The van der Waals surface area contributed by atoms with E-state index in [2.05, 4.69) is 293 Å². The lowest BCUT2D eigenvalue weighted by atomic mass is 10.0. The van der Waals surface area contributed by atoms with Crippen LogP contribution in [0.15, 0.2) is 123 Å². The minimum absolute atomic E-state index is 0. The molecule has 0 radical (unpaired) electrons. The molecular weight excluding hydrogens is 1890 g/mol. The molecule has 26 heteroatoms. The molecule has 17 heterocycles. The van der Waals surface area contributed by atoms with Crippen molar-refractivity contribution in [3.63, 3.8) is 0 Å². The summed E-state index contributed by atoms with van der Waals surface area (Å²) < 4.78 is 27.3. The molecule has 11 aromatic heterocycles. The molecular formula is C109H152N12S5Si9+6. The SMILES string of the molecule is C.C.C.C.CCc1c2cc3c4c(ccc3cc2nc[n+]1C)CC[Si]4(C)C.CCc1c2sc3cc4c(cc3c2nc[n+]1C)[Si](C)(C)CC[SiH]4C.CCc1c2sc3ccc4c(c3c2nc[n+]1C)CC[SiH]4C.CCc1c2sc3ccc4c(c3c2nc[n+]1C)[Si](C)(C)CC4.CCc1c2sc3ccc4c(c3c2nc[n+]1C)[Si](C)(C)CC[SiH]4C.CCc1c2sc3ccc4c(c3c2nc[n+]1C)[Si](C)(C)C[SiH]4C. The third-order valence-corrected chi connectivity index (χ3v) is 71.5. The molecule has 7 aromatic carbocycles. The van der Waals surface area contributed by atoms with Gasteiger partial charge in [0.1, 0.15) is 57.7 Å². The fourth-order valence-electron chi connectivity index (χ4n) is 24.5. The van der Waals surface area contributed by atoms with E-state index in [9.17, 15) is 0 Å². The van der Waals surface area contributed by atoms with E-state index >= 15 is 0 Å². The largest absolute Gasteiger partial charge is 0.286 e. The van der Waals surface area contributed by atoms with Gasteiger partial charge in [-0.05, 0) is 158 Å². The molecule has 135 heavy (non-hydrogen) atoms. The minimum atomic E-state index is -1.34. The number of hydrogen-bond donors (Lipinski definition) is 0. The zero-order chi connectivity index (χ0) is 92.5. The third-order valence-electron chi connectivity index (χ3n) is 31.7. The predicted molar refractivity (Wildman–Crippen MR) is 621 cm³/mol. The van der Waals surface area contributed by atoms with Crippen molar-refractivity contribution in [2.24, 2.45) is 42.3 Å². The van der Waals surface area contributed by atoms with Crippen LogP contribution in [0.2, 0.25) is 140 Å². The van der Waals surface area contributed by atoms with Crippen LogP contribution in [0, 0.1) is 0 Å². The first-order valence-electron chi connectivity index (χ1n) is 48.9. The van der Waals surface area contributed by atoms with Gasteiger partial charge in [-0.25, -0.2) is 27.4 Å². The molecule has 6 aliphatic rings. The Kier molecular flexibility index (Phi) is 29.4. The van der Waals surface area contributed by atoms with Gasteiger partial charge in [-0.3, -0.25) is 0 Å². The highest BCUT2D eigenvalue weighted by atomic mass is 32.1. The topological polar surface area (TPSA) is 101 Å². The first kappa shape index (κ1) is 102.